The number of benzene rings is 1. The number of carbonyl (C=O) groups excluding carboxylic acids is 1. The monoisotopic (exact) mass is 415 g/mol. The molecule has 9 heteroatoms. The standard InChI is InChI=1S/C20H25N5O3S/c1-16(15-24-10-2-9-23-24)14-22-20(26)18-7-11-25(12-8-18)29(27,28)19-5-3-17(13-21)4-6-19/h2-6,9-10,16,18H,7-8,11-12,14-15H2,1H3,(H,22,26). The van der Waals surface area contributed by atoms with Crippen LogP contribution in [0.5, 0.6) is 0 Å². The molecule has 0 radical (unpaired) electrons. The van der Waals surface area contributed by atoms with E-state index in [1.54, 1.807) is 6.20 Å². The van der Waals surface area contributed by atoms with Crippen LogP contribution in [0.4, 0.5) is 0 Å². The van der Waals surface area contributed by atoms with Crippen LogP contribution in [0, 0.1) is 23.2 Å². The number of nitrogens with zero attached hydrogens (tertiary/aromatic N) is 4. The van der Waals surface area contributed by atoms with Crippen LogP contribution in [0.1, 0.15) is 25.3 Å². The fraction of sp³-hybridized carbons (Fsp3) is 0.450. The molecule has 8 nitrogen and oxygen atoms in total. The lowest BCUT2D eigenvalue weighted by Gasteiger charge is -2.30. The summed E-state index contributed by atoms with van der Waals surface area (Å²) in [5.41, 5.74) is 0.418. The molecule has 1 aliphatic rings. The number of hydrogen-bond donors (Lipinski definition) is 1. The lowest BCUT2D eigenvalue weighted by Crippen LogP contribution is -2.43. The third kappa shape index (κ3) is 5.22. The topological polar surface area (TPSA) is 108 Å². The number of amides is 1. The second kappa shape index (κ2) is 9.20. The first kappa shape index (κ1) is 21.0. The van der Waals surface area contributed by atoms with Crippen LogP contribution in [0.3, 0.4) is 0 Å². The number of carbonyl (C=O) groups is 1. The van der Waals surface area contributed by atoms with Crippen LogP contribution in [0.2, 0.25) is 0 Å². The van der Waals surface area contributed by atoms with Gasteiger partial charge in [-0.05, 0) is 49.1 Å². The van der Waals surface area contributed by atoms with Gasteiger partial charge in [-0.3, -0.25) is 9.48 Å². The second-order valence-electron chi connectivity index (χ2n) is 7.39. The molecule has 1 saturated heterocycles. The summed E-state index contributed by atoms with van der Waals surface area (Å²) in [5, 5.41) is 16.0. The van der Waals surface area contributed by atoms with E-state index in [0.717, 1.165) is 6.54 Å². The van der Waals surface area contributed by atoms with Crippen molar-refractivity contribution in [2.45, 2.75) is 31.2 Å². The number of aromatic nitrogens is 2. The molecule has 0 bridgehead atoms. The van der Waals surface area contributed by atoms with Gasteiger partial charge in [0, 0.05) is 44.5 Å². The van der Waals surface area contributed by atoms with Gasteiger partial charge in [-0.15, -0.1) is 0 Å². The summed E-state index contributed by atoms with van der Waals surface area (Å²) in [4.78, 5) is 12.6. The Kier molecular flexibility index (Phi) is 6.67. The fourth-order valence-electron chi connectivity index (χ4n) is 3.42. The Hall–Kier alpha value is -2.70. The highest BCUT2D eigenvalue weighted by Gasteiger charge is 2.32. The van der Waals surface area contributed by atoms with Gasteiger partial charge in [0.05, 0.1) is 16.5 Å². The molecular weight excluding hydrogens is 390 g/mol. The van der Waals surface area contributed by atoms with Crippen molar-refractivity contribution >= 4 is 15.9 Å². The molecule has 154 valence electrons. The molecule has 1 fully saturated rings. The fourth-order valence-corrected chi connectivity index (χ4v) is 4.89. The predicted octanol–water partition coefficient (Wildman–Crippen LogP) is 1.61. The quantitative estimate of drug-likeness (QED) is 0.739. The van der Waals surface area contributed by atoms with Crippen molar-refractivity contribution in [2.24, 2.45) is 11.8 Å². The maximum atomic E-state index is 12.8. The van der Waals surface area contributed by atoms with Crippen LogP contribution >= 0.6 is 0 Å². The van der Waals surface area contributed by atoms with Crippen molar-refractivity contribution < 1.29 is 13.2 Å². The maximum Gasteiger partial charge on any atom is 0.243 e. The Labute approximate surface area is 171 Å². The number of sulfonamides is 1. The van der Waals surface area contributed by atoms with Crippen LogP contribution in [0.15, 0.2) is 47.6 Å². The molecule has 2 heterocycles. The first-order chi connectivity index (χ1) is 13.9. The summed E-state index contributed by atoms with van der Waals surface area (Å²) in [6, 6.07) is 9.74. The predicted molar refractivity (Wildman–Crippen MR) is 107 cm³/mol. The van der Waals surface area contributed by atoms with E-state index < -0.39 is 10.0 Å². The van der Waals surface area contributed by atoms with Crippen molar-refractivity contribution in [3.05, 3.63) is 48.3 Å². The van der Waals surface area contributed by atoms with E-state index in [1.807, 2.05) is 23.0 Å². The molecule has 2 aromatic rings. The van der Waals surface area contributed by atoms with Gasteiger partial charge < -0.3 is 5.32 Å². The van der Waals surface area contributed by atoms with E-state index in [2.05, 4.69) is 17.3 Å². The number of nitriles is 1. The van der Waals surface area contributed by atoms with Gasteiger partial charge in [-0.1, -0.05) is 6.92 Å². The van der Waals surface area contributed by atoms with Crippen molar-refractivity contribution in [3.8, 4) is 6.07 Å². The van der Waals surface area contributed by atoms with E-state index >= 15 is 0 Å². The van der Waals surface area contributed by atoms with E-state index in [1.165, 1.54) is 28.6 Å². The number of rotatable bonds is 7. The normalized spacial score (nSPS) is 16.8. The summed E-state index contributed by atoms with van der Waals surface area (Å²) < 4.78 is 28.8. The van der Waals surface area contributed by atoms with E-state index in [-0.39, 0.29) is 22.6 Å². The second-order valence-corrected chi connectivity index (χ2v) is 9.33. The summed E-state index contributed by atoms with van der Waals surface area (Å²) in [5.74, 6) is 0.0442. The summed E-state index contributed by atoms with van der Waals surface area (Å²) >= 11 is 0. The van der Waals surface area contributed by atoms with Crippen molar-refractivity contribution in [1.82, 2.24) is 19.4 Å². The van der Waals surface area contributed by atoms with Crippen molar-refractivity contribution in [2.75, 3.05) is 19.6 Å². The molecule has 1 aromatic heterocycles. The molecule has 1 aromatic carbocycles. The molecule has 1 amide bonds. The van der Waals surface area contributed by atoms with Crippen LogP contribution < -0.4 is 5.32 Å². The molecular formula is C20H25N5O3S. The number of piperidine rings is 1. The zero-order chi connectivity index (χ0) is 20.9. The van der Waals surface area contributed by atoms with Crippen molar-refractivity contribution in [1.29, 1.82) is 5.26 Å². The largest absolute Gasteiger partial charge is 0.356 e. The maximum absolute atomic E-state index is 12.8. The van der Waals surface area contributed by atoms with Crippen LogP contribution in [0.25, 0.3) is 0 Å². The Morgan fingerprint density at radius 1 is 1.31 bits per heavy atom. The minimum Gasteiger partial charge on any atom is -0.356 e. The first-order valence-electron chi connectivity index (χ1n) is 9.65. The zero-order valence-electron chi connectivity index (χ0n) is 16.4. The molecule has 1 N–H and O–H groups in total. The van der Waals surface area contributed by atoms with Gasteiger partial charge in [-0.2, -0.15) is 14.7 Å². The smallest absolute Gasteiger partial charge is 0.243 e. The van der Waals surface area contributed by atoms with Gasteiger partial charge in [0.25, 0.3) is 0 Å². The molecule has 0 aliphatic carbocycles. The van der Waals surface area contributed by atoms with Gasteiger partial charge in [-0.25, -0.2) is 8.42 Å². The average molecular weight is 416 g/mol. The Bertz CT molecular complexity index is 957. The van der Waals surface area contributed by atoms with Crippen LogP contribution in [-0.4, -0.2) is 48.0 Å². The van der Waals surface area contributed by atoms with Gasteiger partial charge in [0.15, 0.2) is 0 Å². The molecule has 0 saturated carbocycles. The highest BCUT2D eigenvalue weighted by molar-refractivity contribution is 7.89. The minimum absolute atomic E-state index is 0.0206. The lowest BCUT2D eigenvalue weighted by atomic mass is 9.97. The lowest BCUT2D eigenvalue weighted by molar-refractivity contribution is -0.126. The van der Waals surface area contributed by atoms with Gasteiger partial charge in [0.2, 0.25) is 15.9 Å². The van der Waals surface area contributed by atoms with E-state index in [9.17, 15) is 13.2 Å². The third-order valence-electron chi connectivity index (χ3n) is 5.13. The Morgan fingerprint density at radius 2 is 2.00 bits per heavy atom. The zero-order valence-corrected chi connectivity index (χ0v) is 17.2. The number of hydrogen-bond acceptors (Lipinski definition) is 5. The average Bonchev–Trinajstić information content (AvgIpc) is 3.25. The molecule has 1 aliphatic heterocycles. The van der Waals surface area contributed by atoms with Gasteiger partial charge >= 0.3 is 0 Å². The Morgan fingerprint density at radius 3 is 2.59 bits per heavy atom. The summed E-state index contributed by atoms with van der Waals surface area (Å²) in [7, 11) is -3.61. The molecule has 0 spiro atoms. The van der Waals surface area contributed by atoms with Crippen molar-refractivity contribution in [3.63, 3.8) is 0 Å². The first-order valence-corrected chi connectivity index (χ1v) is 11.1. The molecule has 29 heavy (non-hydrogen) atoms. The highest BCUT2D eigenvalue weighted by Crippen LogP contribution is 2.24. The van der Waals surface area contributed by atoms with Gasteiger partial charge in [0.1, 0.15) is 0 Å². The summed E-state index contributed by atoms with van der Waals surface area (Å²) in [6.45, 7) is 3.96. The minimum atomic E-state index is -3.61. The third-order valence-corrected chi connectivity index (χ3v) is 7.04. The highest BCUT2D eigenvalue weighted by atomic mass is 32.2. The molecule has 1 unspecified atom stereocenters. The van der Waals surface area contributed by atoms with E-state index in [4.69, 9.17) is 5.26 Å². The number of nitrogens with one attached hydrogen (secondary N) is 1. The Balaban J connectivity index is 1.48. The SMILES string of the molecule is CC(CNC(=O)C1CCN(S(=O)(=O)c2ccc(C#N)cc2)CC1)Cn1cccn1. The van der Waals surface area contributed by atoms with E-state index in [0.29, 0.717) is 38.0 Å². The van der Waals surface area contributed by atoms with Crippen LogP contribution in [-0.2, 0) is 21.4 Å². The molecule has 3 rings (SSSR count). The molecule has 1 atom stereocenters. The summed E-state index contributed by atoms with van der Waals surface area (Å²) in [6.07, 6.45) is 4.61.